The third kappa shape index (κ3) is 5.48. The second kappa shape index (κ2) is 7.48. The quantitative estimate of drug-likeness (QED) is 0.803. The Balaban J connectivity index is 2.24. The molecule has 0 saturated carbocycles. The molecule has 0 heterocycles. The third-order valence-electron chi connectivity index (χ3n) is 2.49. The average molecular weight is 248 g/mol. The van der Waals surface area contributed by atoms with Gasteiger partial charge in [-0.15, -0.1) is 0 Å². The lowest BCUT2D eigenvalue weighted by Gasteiger charge is -2.08. The largest absolute Gasteiger partial charge is 0.355 e. The van der Waals surface area contributed by atoms with Crippen molar-refractivity contribution in [3.63, 3.8) is 0 Å². The molecule has 0 unspecified atom stereocenters. The van der Waals surface area contributed by atoms with Crippen LogP contribution in [-0.2, 0) is 4.79 Å². The molecule has 0 atom stereocenters. The SMILES string of the molecule is CC(C)CCNC(=O)CNC(=O)c1ccccc1. The van der Waals surface area contributed by atoms with Gasteiger partial charge < -0.3 is 10.6 Å². The standard InChI is InChI=1S/C14H20N2O2/c1-11(2)8-9-15-13(17)10-16-14(18)12-6-4-3-5-7-12/h3-7,11H,8-10H2,1-2H3,(H,15,17)(H,16,18). The molecule has 0 aromatic heterocycles. The molecule has 0 aliphatic carbocycles. The Bertz CT molecular complexity index is 388. The van der Waals surface area contributed by atoms with Crippen LogP contribution in [0.15, 0.2) is 30.3 Å². The molecule has 0 aliphatic rings. The summed E-state index contributed by atoms with van der Waals surface area (Å²) in [6, 6.07) is 8.85. The predicted molar refractivity (Wildman–Crippen MR) is 71.2 cm³/mol. The molecule has 0 aliphatic heterocycles. The van der Waals surface area contributed by atoms with Gasteiger partial charge in [0.1, 0.15) is 0 Å². The monoisotopic (exact) mass is 248 g/mol. The van der Waals surface area contributed by atoms with Gasteiger partial charge in [0.05, 0.1) is 6.54 Å². The summed E-state index contributed by atoms with van der Waals surface area (Å²) in [5, 5.41) is 5.35. The average Bonchev–Trinajstić information content (AvgIpc) is 2.36. The Hall–Kier alpha value is -1.84. The fraction of sp³-hybridized carbons (Fsp3) is 0.429. The summed E-state index contributed by atoms with van der Waals surface area (Å²) in [5.41, 5.74) is 0.562. The highest BCUT2D eigenvalue weighted by atomic mass is 16.2. The minimum absolute atomic E-state index is 0.0197. The second-order valence-corrected chi connectivity index (χ2v) is 4.58. The maximum absolute atomic E-state index is 11.6. The second-order valence-electron chi connectivity index (χ2n) is 4.58. The van der Waals surface area contributed by atoms with Crippen molar-refractivity contribution < 1.29 is 9.59 Å². The number of hydrogen-bond donors (Lipinski definition) is 2. The first-order chi connectivity index (χ1) is 8.59. The molecular weight excluding hydrogens is 228 g/mol. The number of rotatable bonds is 6. The molecule has 4 nitrogen and oxygen atoms in total. The van der Waals surface area contributed by atoms with Gasteiger partial charge in [-0.25, -0.2) is 0 Å². The summed E-state index contributed by atoms with van der Waals surface area (Å²) < 4.78 is 0. The van der Waals surface area contributed by atoms with E-state index in [1.54, 1.807) is 24.3 Å². The van der Waals surface area contributed by atoms with Crippen LogP contribution in [0.25, 0.3) is 0 Å². The Morgan fingerprint density at radius 1 is 1.11 bits per heavy atom. The van der Waals surface area contributed by atoms with Crippen molar-refractivity contribution >= 4 is 11.8 Å². The molecular formula is C14H20N2O2. The first-order valence-electron chi connectivity index (χ1n) is 6.19. The lowest BCUT2D eigenvalue weighted by molar-refractivity contribution is -0.120. The number of hydrogen-bond acceptors (Lipinski definition) is 2. The normalized spacial score (nSPS) is 10.2. The zero-order valence-electron chi connectivity index (χ0n) is 10.9. The highest BCUT2D eigenvalue weighted by Gasteiger charge is 2.06. The van der Waals surface area contributed by atoms with Gasteiger partial charge in [-0.05, 0) is 24.5 Å². The molecule has 18 heavy (non-hydrogen) atoms. The van der Waals surface area contributed by atoms with E-state index < -0.39 is 0 Å². The smallest absolute Gasteiger partial charge is 0.251 e. The van der Waals surface area contributed by atoms with Gasteiger partial charge >= 0.3 is 0 Å². The third-order valence-corrected chi connectivity index (χ3v) is 2.49. The maximum Gasteiger partial charge on any atom is 0.251 e. The number of amides is 2. The molecule has 0 saturated heterocycles. The Morgan fingerprint density at radius 2 is 1.78 bits per heavy atom. The highest BCUT2D eigenvalue weighted by molar-refractivity contribution is 5.96. The van der Waals surface area contributed by atoms with Crippen molar-refractivity contribution in [1.82, 2.24) is 10.6 Å². The summed E-state index contributed by atoms with van der Waals surface area (Å²) in [5.74, 6) is 0.179. The van der Waals surface area contributed by atoms with Crippen molar-refractivity contribution in [2.75, 3.05) is 13.1 Å². The zero-order valence-corrected chi connectivity index (χ0v) is 10.9. The van der Waals surface area contributed by atoms with Crippen molar-refractivity contribution in [2.24, 2.45) is 5.92 Å². The topological polar surface area (TPSA) is 58.2 Å². The van der Waals surface area contributed by atoms with Gasteiger partial charge in [-0.1, -0.05) is 32.0 Å². The van der Waals surface area contributed by atoms with E-state index in [1.807, 2.05) is 6.07 Å². The highest BCUT2D eigenvalue weighted by Crippen LogP contribution is 1.97. The van der Waals surface area contributed by atoms with Crippen LogP contribution < -0.4 is 10.6 Å². The molecule has 0 radical (unpaired) electrons. The predicted octanol–water partition coefficient (Wildman–Crippen LogP) is 1.58. The molecule has 1 rings (SSSR count). The summed E-state index contributed by atoms with van der Waals surface area (Å²) in [6.07, 6.45) is 0.943. The number of carbonyl (C=O) groups is 2. The van der Waals surface area contributed by atoms with E-state index in [0.717, 1.165) is 6.42 Å². The molecule has 0 fully saturated rings. The van der Waals surface area contributed by atoms with E-state index in [0.29, 0.717) is 18.0 Å². The van der Waals surface area contributed by atoms with Crippen LogP contribution in [0.3, 0.4) is 0 Å². The van der Waals surface area contributed by atoms with Gasteiger partial charge in [0.25, 0.3) is 5.91 Å². The van der Waals surface area contributed by atoms with E-state index in [2.05, 4.69) is 24.5 Å². The summed E-state index contributed by atoms with van der Waals surface area (Å²) >= 11 is 0. The molecule has 0 spiro atoms. The van der Waals surface area contributed by atoms with Crippen molar-refractivity contribution in [2.45, 2.75) is 20.3 Å². The number of carbonyl (C=O) groups excluding carboxylic acids is 2. The Morgan fingerprint density at radius 3 is 2.39 bits per heavy atom. The van der Waals surface area contributed by atoms with Crippen LogP contribution in [-0.4, -0.2) is 24.9 Å². The fourth-order valence-electron chi connectivity index (χ4n) is 1.41. The number of benzene rings is 1. The number of nitrogens with one attached hydrogen (secondary N) is 2. The van der Waals surface area contributed by atoms with E-state index in [9.17, 15) is 9.59 Å². The van der Waals surface area contributed by atoms with E-state index in [-0.39, 0.29) is 18.4 Å². The van der Waals surface area contributed by atoms with E-state index in [1.165, 1.54) is 0 Å². The fourth-order valence-corrected chi connectivity index (χ4v) is 1.41. The van der Waals surface area contributed by atoms with Crippen LogP contribution in [0.2, 0.25) is 0 Å². The van der Waals surface area contributed by atoms with E-state index in [4.69, 9.17) is 0 Å². The van der Waals surface area contributed by atoms with Gasteiger partial charge in [-0.2, -0.15) is 0 Å². The van der Waals surface area contributed by atoms with Crippen LogP contribution in [0, 0.1) is 5.92 Å². The Kier molecular flexibility index (Phi) is 5.91. The summed E-state index contributed by atoms with van der Waals surface area (Å²) in [6.45, 7) is 4.87. The van der Waals surface area contributed by atoms with Crippen molar-refractivity contribution in [3.8, 4) is 0 Å². The molecule has 4 heteroatoms. The summed E-state index contributed by atoms with van der Waals surface area (Å²) in [7, 11) is 0. The summed E-state index contributed by atoms with van der Waals surface area (Å²) in [4.78, 5) is 23.1. The minimum atomic E-state index is -0.227. The van der Waals surface area contributed by atoms with Gasteiger partial charge in [0.2, 0.25) is 5.91 Å². The molecule has 2 N–H and O–H groups in total. The Labute approximate surface area is 108 Å². The molecule has 0 bridgehead atoms. The van der Waals surface area contributed by atoms with Crippen LogP contribution in [0.4, 0.5) is 0 Å². The molecule has 1 aromatic carbocycles. The zero-order chi connectivity index (χ0) is 13.4. The van der Waals surface area contributed by atoms with Crippen LogP contribution >= 0.6 is 0 Å². The first kappa shape index (κ1) is 14.2. The lowest BCUT2D eigenvalue weighted by atomic mass is 10.1. The first-order valence-corrected chi connectivity index (χ1v) is 6.19. The van der Waals surface area contributed by atoms with Gasteiger partial charge in [0, 0.05) is 12.1 Å². The maximum atomic E-state index is 11.6. The van der Waals surface area contributed by atoms with Crippen LogP contribution in [0.1, 0.15) is 30.6 Å². The van der Waals surface area contributed by atoms with Crippen LogP contribution in [0.5, 0.6) is 0 Å². The van der Waals surface area contributed by atoms with Gasteiger partial charge in [-0.3, -0.25) is 9.59 Å². The lowest BCUT2D eigenvalue weighted by Crippen LogP contribution is -2.37. The molecule has 1 aromatic rings. The van der Waals surface area contributed by atoms with Crippen molar-refractivity contribution in [3.05, 3.63) is 35.9 Å². The molecule has 98 valence electrons. The van der Waals surface area contributed by atoms with E-state index >= 15 is 0 Å². The molecule has 2 amide bonds. The van der Waals surface area contributed by atoms with Gasteiger partial charge in [0.15, 0.2) is 0 Å². The minimum Gasteiger partial charge on any atom is -0.355 e. The van der Waals surface area contributed by atoms with Crippen molar-refractivity contribution in [1.29, 1.82) is 0 Å².